The number of nitrogens with two attached hydrogens (primary N) is 1. The molecule has 2 N–H and O–H groups in total. The zero-order valence-electron chi connectivity index (χ0n) is 6.85. The maximum atomic E-state index is 5.93. The van der Waals surface area contributed by atoms with Crippen LogP contribution < -0.4 is 5.73 Å². The molecule has 0 aliphatic carbocycles. The van der Waals surface area contributed by atoms with Gasteiger partial charge >= 0.3 is 0 Å². The minimum atomic E-state index is 0.165. The quantitative estimate of drug-likeness (QED) is 0.858. The Morgan fingerprint density at radius 3 is 2.86 bits per heavy atom. The Morgan fingerprint density at radius 1 is 1.50 bits per heavy atom. The van der Waals surface area contributed by atoms with E-state index in [4.69, 9.17) is 17.3 Å². The highest BCUT2D eigenvalue weighted by Crippen LogP contribution is 2.20. The van der Waals surface area contributed by atoms with Crippen LogP contribution in [0.25, 0.3) is 5.82 Å². The van der Waals surface area contributed by atoms with Crippen LogP contribution in [0.1, 0.15) is 0 Å². The Labute approximate surface area is 93.0 Å². The third-order valence-corrected chi connectivity index (χ3v) is 2.33. The zero-order chi connectivity index (χ0) is 10.1. The monoisotopic (exact) mass is 273 g/mol. The molecule has 0 spiro atoms. The fourth-order valence-electron chi connectivity index (χ4n) is 0.976. The van der Waals surface area contributed by atoms with Crippen molar-refractivity contribution in [3.05, 3.63) is 28.1 Å². The van der Waals surface area contributed by atoms with Crippen LogP contribution in [0.3, 0.4) is 0 Å². The van der Waals surface area contributed by atoms with E-state index in [-0.39, 0.29) is 5.95 Å². The van der Waals surface area contributed by atoms with E-state index in [0.717, 1.165) is 0 Å². The number of pyridine rings is 1. The van der Waals surface area contributed by atoms with Crippen molar-refractivity contribution in [3.63, 3.8) is 0 Å². The van der Waals surface area contributed by atoms with Crippen LogP contribution >= 0.6 is 27.5 Å². The Hall–Kier alpha value is -1.14. The minimum Gasteiger partial charge on any atom is -0.366 e. The Balaban J connectivity index is 2.60. The Bertz CT molecular complexity index is 469. The number of nitrogen functional groups attached to an aromatic ring is 1. The molecule has 0 unspecified atom stereocenters. The fourth-order valence-corrected chi connectivity index (χ4v) is 1.61. The second kappa shape index (κ2) is 3.55. The lowest BCUT2D eigenvalue weighted by molar-refractivity contribution is 0.828. The second-order valence-electron chi connectivity index (χ2n) is 2.46. The SMILES string of the molecule is Nc1nc(Br)n(-c2ncccc2Cl)n1. The van der Waals surface area contributed by atoms with E-state index in [1.807, 2.05) is 0 Å². The predicted molar refractivity (Wildman–Crippen MR) is 56.3 cm³/mol. The first kappa shape index (κ1) is 9.42. The molecule has 14 heavy (non-hydrogen) atoms. The van der Waals surface area contributed by atoms with Crippen LogP contribution in [0.4, 0.5) is 5.95 Å². The van der Waals surface area contributed by atoms with Crippen molar-refractivity contribution in [2.24, 2.45) is 0 Å². The molecule has 0 radical (unpaired) electrons. The summed E-state index contributed by atoms with van der Waals surface area (Å²) in [7, 11) is 0. The van der Waals surface area contributed by atoms with Crippen LogP contribution in [0.5, 0.6) is 0 Å². The number of halogens is 2. The molecule has 7 heteroatoms. The van der Waals surface area contributed by atoms with Gasteiger partial charge < -0.3 is 5.73 Å². The average molecular weight is 275 g/mol. The van der Waals surface area contributed by atoms with Crippen molar-refractivity contribution < 1.29 is 0 Å². The number of hydrogen-bond donors (Lipinski definition) is 1. The van der Waals surface area contributed by atoms with Gasteiger partial charge in [0, 0.05) is 6.20 Å². The van der Waals surface area contributed by atoms with Gasteiger partial charge in [-0.15, -0.1) is 5.10 Å². The fraction of sp³-hybridized carbons (Fsp3) is 0. The zero-order valence-corrected chi connectivity index (χ0v) is 9.20. The first-order valence-electron chi connectivity index (χ1n) is 3.67. The smallest absolute Gasteiger partial charge is 0.240 e. The molecule has 0 aliphatic heterocycles. The molecular weight excluding hydrogens is 269 g/mol. The first-order valence-corrected chi connectivity index (χ1v) is 4.84. The van der Waals surface area contributed by atoms with Gasteiger partial charge in [-0.25, -0.2) is 4.98 Å². The number of anilines is 1. The molecule has 2 heterocycles. The topological polar surface area (TPSA) is 69.6 Å². The first-order chi connectivity index (χ1) is 6.68. The molecule has 0 aromatic carbocycles. The summed E-state index contributed by atoms with van der Waals surface area (Å²) in [4.78, 5) is 7.94. The lowest BCUT2D eigenvalue weighted by atomic mass is 10.5. The molecular formula is C7H5BrClN5. The van der Waals surface area contributed by atoms with E-state index in [1.54, 1.807) is 18.3 Å². The maximum absolute atomic E-state index is 5.93. The molecule has 0 aliphatic rings. The van der Waals surface area contributed by atoms with Crippen molar-refractivity contribution in [2.75, 3.05) is 5.73 Å². The summed E-state index contributed by atoms with van der Waals surface area (Å²) < 4.78 is 1.90. The van der Waals surface area contributed by atoms with E-state index in [1.165, 1.54) is 4.68 Å². The largest absolute Gasteiger partial charge is 0.366 e. The maximum Gasteiger partial charge on any atom is 0.240 e. The molecule has 2 rings (SSSR count). The van der Waals surface area contributed by atoms with E-state index >= 15 is 0 Å². The normalized spacial score (nSPS) is 10.4. The molecule has 0 amide bonds. The summed E-state index contributed by atoms with van der Waals surface area (Å²) in [5.41, 5.74) is 5.42. The van der Waals surface area contributed by atoms with Crippen LogP contribution in [0.2, 0.25) is 5.02 Å². The molecule has 0 saturated heterocycles. The van der Waals surface area contributed by atoms with Gasteiger partial charge in [0.15, 0.2) is 5.82 Å². The van der Waals surface area contributed by atoms with Crippen LogP contribution in [-0.4, -0.2) is 19.7 Å². The van der Waals surface area contributed by atoms with Crippen molar-refractivity contribution in [2.45, 2.75) is 0 Å². The van der Waals surface area contributed by atoms with E-state index in [9.17, 15) is 0 Å². The van der Waals surface area contributed by atoms with Gasteiger partial charge in [-0.05, 0) is 28.1 Å². The van der Waals surface area contributed by atoms with Crippen molar-refractivity contribution in [1.82, 2.24) is 19.7 Å². The van der Waals surface area contributed by atoms with Gasteiger partial charge in [0.1, 0.15) is 0 Å². The molecule has 5 nitrogen and oxygen atoms in total. The third kappa shape index (κ3) is 1.58. The molecule has 0 saturated carbocycles. The highest BCUT2D eigenvalue weighted by molar-refractivity contribution is 9.10. The van der Waals surface area contributed by atoms with Gasteiger partial charge in [0.2, 0.25) is 10.7 Å². The van der Waals surface area contributed by atoms with Crippen molar-refractivity contribution in [1.29, 1.82) is 0 Å². The molecule has 0 atom stereocenters. The molecule has 2 aromatic heterocycles. The van der Waals surface area contributed by atoms with Gasteiger partial charge in [0.05, 0.1) is 5.02 Å². The highest BCUT2D eigenvalue weighted by Gasteiger charge is 2.10. The molecule has 72 valence electrons. The van der Waals surface area contributed by atoms with Crippen LogP contribution in [0, 0.1) is 0 Å². The van der Waals surface area contributed by atoms with Gasteiger partial charge in [0.25, 0.3) is 0 Å². The van der Waals surface area contributed by atoms with Crippen LogP contribution in [0.15, 0.2) is 23.1 Å². The molecule has 2 aromatic rings. The standard InChI is InChI=1S/C7H5BrClN5/c8-6-12-7(10)13-14(6)5-4(9)2-1-3-11-5/h1-3H,(H2,10,13). The number of aromatic nitrogens is 4. The minimum absolute atomic E-state index is 0.165. The molecule has 0 fully saturated rings. The lowest BCUT2D eigenvalue weighted by Gasteiger charge is -2.01. The number of hydrogen-bond acceptors (Lipinski definition) is 4. The van der Waals surface area contributed by atoms with Gasteiger partial charge in [-0.1, -0.05) is 11.6 Å². The van der Waals surface area contributed by atoms with Crippen molar-refractivity contribution >= 4 is 33.5 Å². The Kier molecular flexibility index (Phi) is 2.39. The highest BCUT2D eigenvalue weighted by atomic mass is 79.9. The lowest BCUT2D eigenvalue weighted by Crippen LogP contribution is -2.01. The molecule has 0 bridgehead atoms. The summed E-state index contributed by atoms with van der Waals surface area (Å²) >= 11 is 9.13. The van der Waals surface area contributed by atoms with Gasteiger partial charge in [-0.2, -0.15) is 9.67 Å². The summed E-state index contributed by atoms with van der Waals surface area (Å²) in [5.74, 6) is 0.656. The second-order valence-corrected chi connectivity index (χ2v) is 3.58. The summed E-state index contributed by atoms with van der Waals surface area (Å²) in [6.07, 6.45) is 1.62. The number of nitrogens with zero attached hydrogens (tertiary/aromatic N) is 4. The van der Waals surface area contributed by atoms with E-state index in [2.05, 4.69) is 31.0 Å². The van der Waals surface area contributed by atoms with E-state index in [0.29, 0.717) is 15.6 Å². The third-order valence-electron chi connectivity index (χ3n) is 1.52. The van der Waals surface area contributed by atoms with Gasteiger partial charge in [-0.3, -0.25) is 0 Å². The summed E-state index contributed by atoms with van der Waals surface area (Å²) in [6, 6.07) is 3.45. The number of rotatable bonds is 1. The summed E-state index contributed by atoms with van der Waals surface area (Å²) in [5, 5.41) is 4.42. The summed E-state index contributed by atoms with van der Waals surface area (Å²) in [6.45, 7) is 0. The van der Waals surface area contributed by atoms with Crippen molar-refractivity contribution in [3.8, 4) is 5.82 Å². The van der Waals surface area contributed by atoms with Crippen LogP contribution in [-0.2, 0) is 0 Å². The Morgan fingerprint density at radius 2 is 2.29 bits per heavy atom. The van der Waals surface area contributed by atoms with E-state index < -0.39 is 0 Å². The predicted octanol–water partition coefficient (Wildman–Crippen LogP) is 1.66. The average Bonchev–Trinajstić information content (AvgIpc) is 2.46.